The van der Waals surface area contributed by atoms with Crippen LogP contribution in [0.4, 0.5) is 5.69 Å². The second-order valence-corrected chi connectivity index (χ2v) is 7.46. The van der Waals surface area contributed by atoms with Crippen molar-refractivity contribution in [2.45, 2.75) is 0 Å². The third kappa shape index (κ3) is 4.77. The maximum Gasteiger partial charge on any atom is 0.248 e. The Bertz CT molecular complexity index is 1170. The molecule has 4 rings (SSSR count). The summed E-state index contributed by atoms with van der Waals surface area (Å²) in [6, 6.07) is 18.9. The molecular formula is C23H16ClN3OS. The van der Waals surface area contributed by atoms with Gasteiger partial charge in [-0.2, -0.15) is 0 Å². The Labute approximate surface area is 177 Å². The Morgan fingerprint density at radius 2 is 1.83 bits per heavy atom. The lowest BCUT2D eigenvalue weighted by Gasteiger charge is -2.04. The molecule has 4 aromatic rings. The standard InChI is InChI=1S/C23H16ClN3OS/c24-20-7-2-1-4-16(20)8-9-22(28)26-19-6-3-5-18(14-19)21-15-29-23(27-21)17-10-12-25-13-11-17/h1-15H,(H,26,28)/b9-8+. The topological polar surface area (TPSA) is 54.9 Å². The van der Waals surface area contributed by atoms with Gasteiger partial charge in [0, 0.05) is 45.7 Å². The molecule has 29 heavy (non-hydrogen) atoms. The summed E-state index contributed by atoms with van der Waals surface area (Å²) in [6.45, 7) is 0. The van der Waals surface area contributed by atoms with Crippen molar-refractivity contribution in [2.24, 2.45) is 0 Å². The number of thiazole rings is 1. The smallest absolute Gasteiger partial charge is 0.248 e. The molecule has 1 amide bonds. The number of rotatable bonds is 5. The number of amides is 1. The van der Waals surface area contributed by atoms with E-state index < -0.39 is 0 Å². The summed E-state index contributed by atoms with van der Waals surface area (Å²) in [5.74, 6) is -0.224. The zero-order valence-electron chi connectivity index (χ0n) is 15.2. The van der Waals surface area contributed by atoms with Crippen molar-refractivity contribution in [1.29, 1.82) is 0 Å². The molecule has 0 aliphatic heterocycles. The fraction of sp³-hybridized carbons (Fsp3) is 0. The molecule has 0 aliphatic carbocycles. The highest BCUT2D eigenvalue weighted by molar-refractivity contribution is 7.13. The number of aromatic nitrogens is 2. The van der Waals surface area contributed by atoms with Crippen LogP contribution in [0.25, 0.3) is 27.9 Å². The number of halogens is 1. The molecule has 0 saturated carbocycles. The van der Waals surface area contributed by atoms with Gasteiger partial charge in [-0.25, -0.2) is 4.98 Å². The maximum absolute atomic E-state index is 12.3. The molecule has 0 saturated heterocycles. The van der Waals surface area contributed by atoms with Crippen molar-refractivity contribution in [1.82, 2.24) is 9.97 Å². The van der Waals surface area contributed by atoms with Crippen molar-refractivity contribution < 1.29 is 4.79 Å². The van der Waals surface area contributed by atoms with Crippen LogP contribution >= 0.6 is 22.9 Å². The molecule has 0 atom stereocenters. The van der Waals surface area contributed by atoms with E-state index in [0.717, 1.165) is 27.4 Å². The molecule has 0 bridgehead atoms. The minimum absolute atomic E-state index is 0.224. The molecule has 0 aliphatic rings. The van der Waals surface area contributed by atoms with Gasteiger partial charge in [-0.15, -0.1) is 11.3 Å². The summed E-state index contributed by atoms with van der Waals surface area (Å²) in [6.07, 6.45) is 6.67. The number of nitrogens with one attached hydrogen (secondary N) is 1. The van der Waals surface area contributed by atoms with Crippen LogP contribution in [-0.4, -0.2) is 15.9 Å². The quantitative estimate of drug-likeness (QED) is 0.394. The lowest BCUT2D eigenvalue weighted by Crippen LogP contribution is -2.07. The molecular weight excluding hydrogens is 402 g/mol. The second-order valence-electron chi connectivity index (χ2n) is 6.20. The van der Waals surface area contributed by atoms with Crippen LogP contribution < -0.4 is 5.32 Å². The second kappa shape index (κ2) is 8.82. The molecule has 0 radical (unpaired) electrons. The Morgan fingerprint density at radius 1 is 1.00 bits per heavy atom. The highest BCUT2D eigenvalue weighted by Crippen LogP contribution is 2.29. The fourth-order valence-corrected chi connectivity index (χ4v) is 3.78. The molecule has 4 nitrogen and oxygen atoms in total. The summed E-state index contributed by atoms with van der Waals surface area (Å²) in [4.78, 5) is 21.0. The van der Waals surface area contributed by atoms with Gasteiger partial charge < -0.3 is 5.32 Å². The number of hydrogen-bond acceptors (Lipinski definition) is 4. The van der Waals surface area contributed by atoms with Crippen LogP contribution in [0, 0.1) is 0 Å². The number of benzene rings is 2. The lowest BCUT2D eigenvalue weighted by molar-refractivity contribution is -0.111. The van der Waals surface area contributed by atoms with Crippen molar-refractivity contribution in [3.05, 3.63) is 95.1 Å². The van der Waals surface area contributed by atoms with Crippen molar-refractivity contribution in [3.8, 4) is 21.8 Å². The maximum atomic E-state index is 12.3. The molecule has 0 unspecified atom stereocenters. The monoisotopic (exact) mass is 417 g/mol. The normalized spacial score (nSPS) is 10.9. The fourth-order valence-electron chi connectivity index (χ4n) is 2.75. The van der Waals surface area contributed by atoms with E-state index in [1.165, 1.54) is 6.08 Å². The van der Waals surface area contributed by atoms with Gasteiger partial charge in [-0.05, 0) is 42.0 Å². The van der Waals surface area contributed by atoms with E-state index in [2.05, 4.69) is 10.3 Å². The highest BCUT2D eigenvalue weighted by atomic mass is 35.5. The summed E-state index contributed by atoms with van der Waals surface area (Å²) in [5.41, 5.74) is 4.34. The summed E-state index contributed by atoms with van der Waals surface area (Å²) in [7, 11) is 0. The molecule has 6 heteroatoms. The highest BCUT2D eigenvalue weighted by Gasteiger charge is 2.08. The predicted molar refractivity (Wildman–Crippen MR) is 120 cm³/mol. The zero-order valence-corrected chi connectivity index (χ0v) is 16.8. The van der Waals surface area contributed by atoms with E-state index in [0.29, 0.717) is 10.7 Å². The van der Waals surface area contributed by atoms with Gasteiger partial charge in [-0.1, -0.05) is 41.9 Å². The Hall–Kier alpha value is -3.28. The summed E-state index contributed by atoms with van der Waals surface area (Å²) >= 11 is 7.68. The molecule has 2 aromatic carbocycles. The Kier molecular flexibility index (Phi) is 5.79. The van der Waals surface area contributed by atoms with Crippen LogP contribution in [0.2, 0.25) is 5.02 Å². The Morgan fingerprint density at radius 3 is 2.66 bits per heavy atom. The van der Waals surface area contributed by atoms with Crippen molar-refractivity contribution in [2.75, 3.05) is 5.32 Å². The molecule has 1 N–H and O–H groups in total. The van der Waals surface area contributed by atoms with E-state index in [9.17, 15) is 4.79 Å². The first-order chi connectivity index (χ1) is 14.2. The molecule has 2 aromatic heterocycles. The van der Waals surface area contributed by atoms with Crippen LogP contribution in [0.1, 0.15) is 5.56 Å². The van der Waals surface area contributed by atoms with Crippen LogP contribution in [0.3, 0.4) is 0 Å². The predicted octanol–water partition coefficient (Wildman–Crippen LogP) is 6.18. The van der Waals surface area contributed by atoms with E-state index in [-0.39, 0.29) is 5.91 Å². The number of carbonyl (C=O) groups excluding carboxylic acids is 1. The van der Waals surface area contributed by atoms with Gasteiger partial charge in [0.25, 0.3) is 0 Å². The number of pyridine rings is 1. The third-order valence-electron chi connectivity index (χ3n) is 4.18. The summed E-state index contributed by atoms with van der Waals surface area (Å²) < 4.78 is 0. The molecule has 0 fully saturated rings. The first kappa shape index (κ1) is 19.1. The van der Waals surface area contributed by atoms with E-state index in [4.69, 9.17) is 16.6 Å². The molecule has 0 spiro atoms. The van der Waals surface area contributed by atoms with E-state index in [1.807, 2.05) is 60.0 Å². The first-order valence-corrected chi connectivity index (χ1v) is 10.1. The first-order valence-electron chi connectivity index (χ1n) is 8.89. The van der Waals surface area contributed by atoms with Crippen LogP contribution in [0.5, 0.6) is 0 Å². The number of nitrogens with zero attached hydrogens (tertiary/aromatic N) is 2. The van der Waals surface area contributed by atoms with Gasteiger partial charge in [0.2, 0.25) is 5.91 Å². The Balaban J connectivity index is 1.49. The molecule has 2 heterocycles. The van der Waals surface area contributed by atoms with Crippen LogP contribution in [-0.2, 0) is 4.79 Å². The number of anilines is 1. The average Bonchev–Trinajstić information content (AvgIpc) is 3.24. The average molecular weight is 418 g/mol. The minimum atomic E-state index is -0.224. The van der Waals surface area contributed by atoms with Crippen molar-refractivity contribution in [3.63, 3.8) is 0 Å². The summed E-state index contributed by atoms with van der Waals surface area (Å²) in [5, 5.41) is 6.42. The van der Waals surface area contributed by atoms with Gasteiger partial charge in [0.15, 0.2) is 0 Å². The van der Waals surface area contributed by atoms with Crippen LogP contribution in [0.15, 0.2) is 84.5 Å². The van der Waals surface area contributed by atoms with E-state index >= 15 is 0 Å². The van der Waals surface area contributed by atoms with Crippen molar-refractivity contribution >= 4 is 40.6 Å². The van der Waals surface area contributed by atoms with Gasteiger partial charge >= 0.3 is 0 Å². The SMILES string of the molecule is O=C(/C=C/c1ccccc1Cl)Nc1cccc(-c2csc(-c3ccncc3)n2)c1. The lowest BCUT2D eigenvalue weighted by atomic mass is 10.1. The van der Waals surface area contributed by atoms with Gasteiger partial charge in [0.1, 0.15) is 5.01 Å². The minimum Gasteiger partial charge on any atom is -0.322 e. The molecule has 142 valence electrons. The van der Waals surface area contributed by atoms with Gasteiger partial charge in [-0.3, -0.25) is 9.78 Å². The largest absolute Gasteiger partial charge is 0.322 e. The van der Waals surface area contributed by atoms with Gasteiger partial charge in [0.05, 0.1) is 5.69 Å². The number of hydrogen-bond donors (Lipinski definition) is 1. The third-order valence-corrected chi connectivity index (χ3v) is 5.41. The zero-order chi connectivity index (χ0) is 20.1. The van der Waals surface area contributed by atoms with E-state index in [1.54, 1.807) is 35.9 Å². The number of carbonyl (C=O) groups is 1.